The predicted octanol–water partition coefficient (Wildman–Crippen LogP) is 1.95. The summed E-state index contributed by atoms with van der Waals surface area (Å²) in [6.45, 7) is 0.162. The molecule has 0 aliphatic rings. The Morgan fingerprint density at radius 1 is 1.46 bits per heavy atom. The van der Waals surface area contributed by atoms with Gasteiger partial charge in [-0.05, 0) is 30.4 Å². The van der Waals surface area contributed by atoms with Crippen LogP contribution in [0.25, 0.3) is 0 Å². The van der Waals surface area contributed by atoms with E-state index >= 15 is 0 Å². The topological polar surface area (TPSA) is 29.5 Å². The zero-order chi connectivity index (χ0) is 9.68. The number of benzene rings is 1. The van der Waals surface area contributed by atoms with Gasteiger partial charge in [0.25, 0.3) is 0 Å². The fraction of sp³-hybridized carbons (Fsp3) is 0.400. The number of aliphatic hydroxyl groups is 1. The number of aliphatic hydroxyl groups excluding tert-OH is 1. The average molecular weight is 198 g/mol. The second kappa shape index (κ2) is 5.14. The molecule has 0 amide bonds. The third-order valence-electron chi connectivity index (χ3n) is 1.88. The molecule has 0 radical (unpaired) electrons. The minimum Gasteiger partial charge on any atom is -0.496 e. The van der Waals surface area contributed by atoms with Crippen molar-refractivity contribution in [3.8, 4) is 5.75 Å². The number of methoxy groups -OCH3 is 1. The fourth-order valence-electron chi connectivity index (χ4n) is 1.18. The first-order valence-electron chi connectivity index (χ1n) is 4.13. The molecule has 0 saturated carbocycles. The summed E-state index contributed by atoms with van der Waals surface area (Å²) in [7, 11) is 1.65. The molecular weight excluding hydrogens is 184 g/mol. The number of ether oxygens (including phenoxy) is 1. The van der Waals surface area contributed by atoms with Crippen LogP contribution < -0.4 is 4.74 Å². The molecule has 1 aromatic rings. The lowest BCUT2D eigenvalue weighted by molar-refractivity contribution is 0.296. The summed E-state index contributed by atoms with van der Waals surface area (Å²) in [6.07, 6.45) is 2.68. The fourth-order valence-corrected chi connectivity index (χ4v) is 1.61. The molecule has 0 aromatic heterocycles. The van der Waals surface area contributed by atoms with E-state index in [2.05, 4.69) is 0 Å². The lowest BCUT2D eigenvalue weighted by Crippen LogP contribution is -1.95. The molecule has 1 N–H and O–H groups in total. The molecule has 0 bridgehead atoms. The van der Waals surface area contributed by atoms with Gasteiger partial charge in [-0.3, -0.25) is 0 Å². The molecular formula is C10H14O2S. The van der Waals surface area contributed by atoms with E-state index in [0.29, 0.717) is 6.42 Å². The van der Waals surface area contributed by atoms with Crippen molar-refractivity contribution < 1.29 is 9.84 Å². The summed E-state index contributed by atoms with van der Waals surface area (Å²) >= 11 is 1.68. The zero-order valence-electron chi connectivity index (χ0n) is 7.91. The third kappa shape index (κ3) is 2.64. The lowest BCUT2D eigenvalue weighted by atomic mass is 10.1. The monoisotopic (exact) mass is 198 g/mol. The van der Waals surface area contributed by atoms with Gasteiger partial charge in [-0.1, -0.05) is 6.07 Å². The second-order valence-electron chi connectivity index (χ2n) is 2.65. The molecule has 0 heterocycles. The molecule has 3 heteroatoms. The van der Waals surface area contributed by atoms with Gasteiger partial charge >= 0.3 is 0 Å². The van der Waals surface area contributed by atoms with Gasteiger partial charge in [0.05, 0.1) is 7.11 Å². The maximum atomic E-state index is 8.81. The minimum atomic E-state index is 0.162. The summed E-state index contributed by atoms with van der Waals surface area (Å²) < 4.78 is 5.22. The Bertz CT molecular complexity index is 274. The molecule has 0 saturated heterocycles. The number of hydrogen-bond donors (Lipinski definition) is 1. The van der Waals surface area contributed by atoms with Crippen LogP contribution in [-0.2, 0) is 6.42 Å². The quantitative estimate of drug-likeness (QED) is 0.750. The van der Waals surface area contributed by atoms with E-state index in [9.17, 15) is 0 Å². The largest absolute Gasteiger partial charge is 0.496 e. The molecule has 0 unspecified atom stereocenters. The number of hydrogen-bond acceptors (Lipinski definition) is 3. The summed E-state index contributed by atoms with van der Waals surface area (Å²) in [5.74, 6) is 0.862. The van der Waals surface area contributed by atoms with Crippen LogP contribution in [0, 0.1) is 0 Å². The molecule has 0 spiro atoms. The van der Waals surface area contributed by atoms with Crippen molar-refractivity contribution in [2.45, 2.75) is 11.3 Å². The second-order valence-corrected chi connectivity index (χ2v) is 3.53. The smallest absolute Gasteiger partial charge is 0.123 e. The van der Waals surface area contributed by atoms with Crippen LogP contribution in [0.15, 0.2) is 23.1 Å². The van der Waals surface area contributed by atoms with Crippen LogP contribution in [0.3, 0.4) is 0 Å². The van der Waals surface area contributed by atoms with Crippen LogP contribution >= 0.6 is 11.8 Å². The van der Waals surface area contributed by atoms with E-state index in [-0.39, 0.29) is 6.61 Å². The van der Waals surface area contributed by atoms with E-state index in [1.54, 1.807) is 18.9 Å². The van der Waals surface area contributed by atoms with Gasteiger partial charge in [0, 0.05) is 11.5 Å². The van der Waals surface area contributed by atoms with Crippen LogP contribution in [0.2, 0.25) is 0 Å². The molecule has 0 aliphatic carbocycles. The van der Waals surface area contributed by atoms with Crippen molar-refractivity contribution >= 4 is 11.8 Å². The predicted molar refractivity (Wildman–Crippen MR) is 55.6 cm³/mol. The number of rotatable bonds is 4. The minimum absolute atomic E-state index is 0.162. The van der Waals surface area contributed by atoms with E-state index in [0.717, 1.165) is 11.3 Å². The van der Waals surface area contributed by atoms with Crippen molar-refractivity contribution in [1.29, 1.82) is 0 Å². The molecule has 1 rings (SSSR count). The van der Waals surface area contributed by atoms with E-state index in [1.165, 1.54) is 4.90 Å². The van der Waals surface area contributed by atoms with Crippen molar-refractivity contribution in [3.05, 3.63) is 23.8 Å². The summed E-state index contributed by atoms with van der Waals surface area (Å²) in [5, 5.41) is 8.81. The van der Waals surface area contributed by atoms with E-state index < -0.39 is 0 Å². The van der Waals surface area contributed by atoms with Gasteiger partial charge in [-0.2, -0.15) is 0 Å². The maximum Gasteiger partial charge on any atom is 0.123 e. The summed E-state index contributed by atoms with van der Waals surface area (Å²) in [6, 6.07) is 6.04. The highest BCUT2D eigenvalue weighted by Gasteiger charge is 2.02. The van der Waals surface area contributed by atoms with Gasteiger partial charge in [0.2, 0.25) is 0 Å². The van der Waals surface area contributed by atoms with Gasteiger partial charge < -0.3 is 9.84 Å². The van der Waals surface area contributed by atoms with E-state index in [4.69, 9.17) is 9.84 Å². The van der Waals surface area contributed by atoms with Crippen molar-refractivity contribution in [3.63, 3.8) is 0 Å². The third-order valence-corrected chi connectivity index (χ3v) is 2.60. The highest BCUT2D eigenvalue weighted by atomic mass is 32.2. The zero-order valence-corrected chi connectivity index (χ0v) is 8.73. The highest BCUT2D eigenvalue weighted by Crippen LogP contribution is 2.25. The standard InChI is InChI=1S/C10H14O2S/c1-12-10-7-9(13-2)4-3-8(10)5-6-11/h3-4,7,11H,5-6H2,1-2H3. The first kappa shape index (κ1) is 10.4. The average Bonchev–Trinajstić information content (AvgIpc) is 2.19. The molecule has 0 fully saturated rings. The van der Waals surface area contributed by atoms with Gasteiger partial charge in [0.15, 0.2) is 0 Å². The van der Waals surface area contributed by atoms with Crippen molar-refractivity contribution in [1.82, 2.24) is 0 Å². The van der Waals surface area contributed by atoms with Crippen molar-refractivity contribution in [2.75, 3.05) is 20.0 Å². The SMILES string of the molecule is COc1cc(SC)ccc1CCO. The highest BCUT2D eigenvalue weighted by molar-refractivity contribution is 7.98. The van der Waals surface area contributed by atoms with Crippen molar-refractivity contribution in [2.24, 2.45) is 0 Å². The summed E-state index contributed by atoms with van der Waals surface area (Å²) in [5.41, 5.74) is 1.06. The van der Waals surface area contributed by atoms with Crippen LogP contribution in [0.4, 0.5) is 0 Å². The Hall–Kier alpha value is -0.670. The first-order valence-corrected chi connectivity index (χ1v) is 5.36. The Labute approximate surface area is 82.9 Å². The molecule has 1 aromatic carbocycles. The van der Waals surface area contributed by atoms with Gasteiger partial charge in [-0.25, -0.2) is 0 Å². The Balaban J connectivity index is 2.93. The van der Waals surface area contributed by atoms with Crippen LogP contribution in [-0.4, -0.2) is 25.1 Å². The molecule has 72 valence electrons. The van der Waals surface area contributed by atoms with Crippen LogP contribution in [0.1, 0.15) is 5.56 Å². The number of thioether (sulfide) groups is 1. The maximum absolute atomic E-state index is 8.81. The molecule has 0 atom stereocenters. The lowest BCUT2D eigenvalue weighted by Gasteiger charge is -2.08. The van der Waals surface area contributed by atoms with Gasteiger partial charge in [0.1, 0.15) is 5.75 Å². The van der Waals surface area contributed by atoms with Crippen LogP contribution in [0.5, 0.6) is 5.75 Å². The summed E-state index contributed by atoms with van der Waals surface area (Å²) in [4.78, 5) is 1.18. The Morgan fingerprint density at radius 3 is 2.77 bits per heavy atom. The Kier molecular flexibility index (Phi) is 4.12. The first-order chi connectivity index (χ1) is 6.31. The normalized spacial score (nSPS) is 10.1. The Morgan fingerprint density at radius 2 is 2.23 bits per heavy atom. The molecule has 0 aliphatic heterocycles. The van der Waals surface area contributed by atoms with E-state index in [1.807, 2.05) is 24.5 Å². The molecule has 2 nitrogen and oxygen atoms in total. The van der Waals surface area contributed by atoms with Gasteiger partial charge in [-0.15, -0.1) is 11.8 Å². The molecule has 13 heavy (non-hydrogen) atoms.